The molecule has 4 aromatic rings. The fourth-order valence-electron chi connectivity index (χ4n) is 7.97. The van der Waals surface area contributed by atoms with Crippen LogP contribution in [0.3, 0.4) is 0 Å². The number of anilines is 1. The first kappa shape index (κ1) is 36.5. The Kier molecular flexibility index (Phi) is 10.9. The minimum atomic E-state index is -0.651. The molecule has 1 unspecified atom stereocenters. The van der Waals surface area contributed by atoms with Crippen LogP contribution in [0.15, 0.2) is 65.5 Å². The maximum atomic E-state index is 14.7. The van der Waals surface area contributed by atoms with Gasteiger partial charge in [0.2, 0.25) is 23.0 Å². The zero-order chi connectivity index (χ0) is 37.1. The van der Waals surface area contributed by atoms with E-state index in [-0.39, 0.29) is 29.2 Å². The molecule has 274 valence electrons. The van der Waals surface area contributed by atoms with Crippen molar-refractivity contribution in [1.82, 2.24) is 10.2 Å². The predicted octanol–water partition coefficient (Wildman–Crippen LogP) is 7.22. The van der Waals surface area contributed by atoms with Gasteiger partial charge in [0.15, 0.2) is 11.5 Å². The number of fused-ring (bicyclic) bond motifs is 4. The van der Waals surface area contributed by atoms with E-state index in [0.717, 1.165) is 58.0 Å². The Morgan fingerprint density at radius 1 is 0.865 bits per heavy atom. The molecule has 4 atom stereocenters. The molecule has 0 saturated carbocycles. The lowest BCUT2D eigenvalue weighted by atomic mass is 9.94. The summed E-state index contributed by atoms with van der Waals surface area (Å²) in [5, 5.41) is 8.56. The molecule has 0 radical (unpaired) electrons. The van der Waals surface area contributed by atoms with Crippen molar-refractivity contribution in [3.05, 3.63) is 87.6 Å². The van der Waals surface area contributed by atoms with Crippen LogP contribution in [-0.4, -0.2) is 57.7 Å². The van der Waals surface area contributed by atoms with Crippen LogP contribution in [-0.2, 0) is 16.0 Å². The van der Waals surface area contributed by atoms with Crippen molar-refractivity contribution in [2.75, 3.05) is 40.3 Å². The summed E-state index contributed by atoms with van der Waals surface area (Å²) in [5.74, 6) is 1.93. The Morgan fingerprint density at radius 3 is 2.27 bits per heavy atom. The highest BCUT2D eigenvalue weighted by molar-refractivity contribution is 5.93. The number of carbonyl (C=O) groups is 2. The molecule has 1 saturated heterocycles. The second-order valence-corrected chi connectivity index (χ2v) is 13.7. The summed E-state index contributed by atoms with van der Waals surface area (Å²) in [6, 6.07) is 18.1. The van der Waals surface area contributed by atoms with Crippen LogP contribution < -0.4 is 35.0 Å². The minimum Gasteiger partial charge on any atom is -0.496 e. The summed E-state index contributed by atoms with van der Waals surface area (Å²) < 4.78 is 23.0. The maximum absolute atomic E-state index is 14.7. The van der Waals surface area contributed by atoms with E-state index >= 15 is 0 Å². The van der Waals surface area contributed by atoms with Crippen LogP contribution >= 0.6 is 0 Å². The fraction of sp³-hybridized carbons (Fsp3) is 0.405. The van der Waals surface area contributed by atoms with Crippen molar-refractivity contribution in [1.29, 1.82) is 0 Å². The van der Waals surface area contributed by atoms with E-state index < -0.39 is 12.1 Å². The lowest BCUT2D eigenvalue weighted by Crippen LogP contribution is -2.46. The Labute approximate surface area is 305 Å². The number of likely N-dealkylation sites (tertiary alicyclic amines) is 1. The Bertz CT molecular complexity index is 2050. The second-order valence-electron chi connectivity index (χ2n) is 13.7. The molecule has 2 N–H and O–H groups in total. The number of nitrogens with one attached hydrogen (secondary N) is 2. The van der Waals surface area contributed by atoms with Gasteiger partial charge in [-0.2, -0.15) is 0 Å². The van der Waals surface area contributed by atoms with E-state index in [9.17, 15) is 14.4 Å². The highest BCUT2D eigenvalue weighted by Gasteiger charge is 2.37. The Hall–Kier alpha value is -5.25. The van der Waals surface area contributed by atoms with E-state index in [1.54, 1.807) is 40.6 Å². The number of carbonyl (C=O) groups excluding carboxylic acids is 2. The Morgan fingerprint density at radius 2 is 1.60 bits per heavy atom. The SMILES string of the molecule is CC[C@@H](C)[C@H](Nc1ccc2c(cc1=O)[C@@H](NC(C)=O)CCc1cc(OC)c(OC)c(OC)c1-2)C(=O)N1CCCC1c1ccc(OC)c2ccccc12. The molecule has 4 aromatic carbocycles. The monoisotopic (exact) mass is 707 g/mol. The third-order valence-corrected chi connectivity index (χ3v) is 10.7. The molecule has 1 heterocycles. The molecular weight excluding hydrogens is 658 g/mol. The highest BCUT2D eigenvalue weighted by Crippen LogP contribution is 2.50. The number of ether oxygens (including phenoxy) is 4. The minimum absolute atomic E-state index is 0.0378. The van der Waals surface area contributed by atoms with Gasteiger partial charge in [0.25, 0.3) is 0 Å². The summed E-state index contributed by atoms with van der Waals surface area (Å²) in [6.07, 6.45) is 3.60. The average Bonchev–Trinajstić information content (AvgIpc) is 3.53. The molecule has 10 heteroatoms. The van der Waals surface area contributed by atoms with Gasteiger partial charge >= 0.3 is 0 Å². The summed E-state index contributed by atoms with van der Waals surface area (Å²) in [6.45, 7) is 6.19. The molecular formula is C42H49N3O7. The predicted molar refractivity (Wildman–Crippen MR) is 204 cm³/mol. The first-order valence-corrected chi connectivity index (χ1v) is 18.1. The van der Waals surface area contributed by atoms with Gasteiger partial charge in [-0.1, -0.05) is 56.7 Å². The van der Waals surface area contributed by atoms with Gasteiger partial charge in [0, 0.05) is 24.4 Å². The third kappa shape index (κ3) is 6.74. The Balaban J connectivity index is 1.43. The quantitative estimate of drug-likeness (QED) is 0.168. The molecule has 1 aliphatic heterocycles. The van der Waals surface area contributed by atoms with E-state index in [0.29, 0.717) is 47.9 Å². The molecule has 1 aliphatic carbocycles. The van der Waals surface area contributed by atoms with Crippen LogP contribution in [0.25, 0.3) is 21.9 Å². The van der Waals surface area contributed by atoms with Crippen molar-refractivity contribution in [2.24, 2.45) is 5.92 Å². The summed E-state index contributed by atoms with van der Waals surface area (Å²) in [5.41, 5.74) is 4.22. The van der Waals surface area contributed by atoms with E-state index in [1.165, 1.54) is 6.92 Å². The van der Waals surface area contributed by atoms with E-state index in [2.05, 4.69) is 29.7 Å². The highest BCUT2D eigenvalue weighted by atomic mass is 16.5. The number of aryl methyl sites for hydroxylation is 1. The number of hydrogen-bond acceptors (Lipinski definition) is 8. The topological polar surface area (TPSA) is 115 Å². The van der Waals surface area contributed by atoms with Crippen molar-refractivity contribution in [3.8, 4) is 34.1 Å². The summed E-state index contributed by atoms with van der Waals surface area (Å²) in [4.78, 5) is 43.3. The zero-order valence-electron chi connectivity index (χ0n) is 31.1. The van der Waals surface area contributed by atoms with Crippen molar-refractivity contribution in [3.63, 3.8) is 0 Å². The van der Waals surface area contributed by atoms with Gasteiger partial charge < -0.3 is 34.5 Å². The number of hydrogen-bond donors (Lipinski definition) is 2. The molecule has 0 aromatic heterocycles. The average molecular weight is 708 g/mol. The van der Waals surface area contributed by atoms with Crippen LogP contribution in [0.4, 0.5) is 5.69 Å². The van der Waals surface area contributed by atoms with Gasteiger partial charge in [-0.3, -0.25) is 14.4 Å². The van der Waals surface area contributed by atoms with Gasteiger partial charge in [-0.25, -0.2) is 0 Å². The van der Waals surface area contributed by atoms with Crippen molar-refractivity contribution < 1.29 is 28.5 Å². The molecule has 10 nitrogen and oxygen atoms in total. The lowest BCUT2D eigenvalue weighted by molar-refractivity contribution is -0.134. The number of methoxy groups -OCH3 is 4. The van der Waals surface area contributed by atoms with E-state index in [1.807, 2.05) is 48.2 Å². The molecule has 0 spiro atoms. The van der Waals surface area contributed by atoms with Crippen LogP contribution in [0.5, 0.6) is 23.0 Å². The summed E-state index contributed by atoms with van der Waals surface area (Å²) >= 11 is 0. The number of amides is 2. The molecule has 0 bridgehead atoms. The molecule has 6 rings (SSSR count). The zero-order valence-corrected chi connectivity index (χ0v) is 31.1. The van der Waals surface area contributed by atoms with Crippen LogP contribution in [0.1, 0.15) is 75.2 Å². The molecule has 2 aliphatic rings. The maximum Gasteiger partial charge on any atom is 0.245 e. The molecule has 1 fully saturated rings. The van der Waals surface area contributed by atoms with Gasteiger partial charge in [-0.05, 0) is 83.5 Å². The van der Waals surface area contributed by atoms with Crippen LogP contribution in [0, 0.1) is 5.92 Å². The molecule has 52 heavy (non-hydrogen) atoms. The molecule has 2 amide bonds. The first-order valence-electron chi connectivity index (χ1n) is 18.1. The second kappa shape index (κ2) is 15.6. The smallest absolute Gasteiger partial charge is 0.245 e. The first-order chi connectivity index (χ1) is 25.1. The standard InChI is InChI=1S/C42H49N3O7/c1-8-24(2)39(42(48)45-21-11-14-34(45)28-17-20-36(49-4)29-13-10-9-12-27(28)29)44-33-19-16-30-31(23-35(33)47)32(43-25(3)46)18-15-26-22-37(50-5)40(51-6)41(52-7)38(26)30/h9-10,12-13,16-17,19-20,22-24,32,34,39H,8,11,14-15,18,21H2,1-7H3,(H,43,46)(H,44,47)/t24-,32+,34?,39+/m1/s1. The normalized spacial score (nSPS) is 17.6. The lowest BCUT2D eigenvalue weighted by Gasteiger charge is -2.33. The van der Waals surface area contributed by atoms with Crippen molar-refractivity contribution >= 4 is 28.3 Å². The fourth-order valence-corrected chi connectivity index (χ4v) is 7.97. The van der Waals surface area contributed by atoms with Crippen molar-refractivity contribution in [2.45, 2.75) is 71.0 Å². The van der Waals surface area contributed by atoms with Gasteiger partial charge in [-0.15, -0.1) is 0 Å². The van der Waals surface area contributed by atoms with Gasteiger partial charge in [0.05, 0.1) is 46.2 Å². The largest absolute Gasteiger partial charge is 0.496 e. The van der Waals surface area contributed by atoms with Gasteiger partial charge in [0.1, 0.15) is 11.8 Å². The van der Waals surface area contributed by atoms with E-state index in [4.69, 9.17) is 18.9 Å². The summed E-state index contributed by atoms with van der Waals surface area (Å²) in [7, 11) is 6.38. The number of rotatable bonds is 11. The third-order valence-electron chi connectivity index (χ3n) is 10.7. The van der Waals surface area contributed by atoms with Crippen LogP contribution in [0.2, 0.25) is 0 Å². The number of nitrogens with zero attached hydrogens (tertiary/aromatic N) is 1. The number of benzene rings is 3.